The van der Waals surface area contributed by atoms with Crippen molar-refractivity contribution in [3.05, 3.63) is 29.8 Å². The monoisotopic (exact) mass is 187 g/mol. The Hall–Kier alpha value is -1.95. The molecule has 1 saturated heterocycles. The smallest absolute Gasteiger partial charge is 0.414 e. The standard InChI is InChI=1S/C11H9NO2/c1-2-9-4-3-5-10(8-9)12-6-7-14-11(12)13/h1,3-5,8H,6-7H2. The minimum atomic E-state index is -0.306. The lowest BCUT2D eigenvalue weighted by atomic mass is 10.2. The lowest BCUT2D eigenvalue weighted by molar-refractivity contribution is 0.181. The summed E-state index contributed by atoms with van der Waals surface area (Å²) in [6, 6.07) is 7.29. The molecule has 3 heteroatoms. The molecule has 14 heavy (non-hydrogen) atoms. The molecule has 3 nitrogen and oxygen atoms in total. The third kappa shape index (κ3) is 1.42. The van der Waals surface area contributed by atoms with Crippen LogP contribution in [-0.4, -0.2) is 19.2 Å². The predicted octanol–water partition coefficient (Wildman–Crippen LogP) is 1.62. The molecule has 0 atom stereocenters. The molecule has 0 aromatic heterocycles. The molecule has 1 heterocycles. The molecule has 1 aromatic carbocycles. The Balaban J connectivity index is 2.32. The van der Waals surface area contributed by atoms with Gasteiger partial charge >= 0.3 is 6.09 Å². The van der Waals surface area contributed by atoms with Crippen LogP contribution in [0, 0.1) is 12.3 Å². The molecule has 1 aliphatic heterocycles. The highest BCUT2D eigenvalue weighted by molar-refractivity contribution is 5.89. The highest BCUT2D eigenvalue weighted by Crippen LogP contribution is 2.19. The van der Waals surface area contributed by atoms with Crippen LogP contribution in [0.1, 0.15) is 5.56 Å². The van der Waals surface area contributed by atoms with Crippen molar-refractivity contribution in [2.75, 3.05) is 18.1 Å². The first-order valence-electron chi connectivity index (χ1n) is 4.32. The van der Waals surface area contributed by atoms with Gasteiger partial charge in [-0.1, -0.05) is 12.0 Å². The molecular weight excluding hydrogens is 178 g/mol. The summed E-state index contributed by atoms with van der Waals surface area (Å²) in [5.41, 5.74) is 1.56. The average Bonchev–Trinajstić information content (AvgIpc) is 2.65. The number of terminal acetylenes is 1. The lowest BCUT2D eigenvalue weighted by Crippen LogP contribution is -2.23. The predicted molar refractivity (Wildman–Crippen MR) is 53.1 cm³/mol. The number of anilines is 1. The van der Waals surface area contributed by atoms with Crippen molar-refractivity contribution in [3.8, 4) is 12.3 Å². The molecule has 0 radical (unpaired) electrons. The van der Waals surface area contributed by atoms with E-state index in [0.29, 0.717) is 13.2 Å². The Bertz CT molecular complexity index is 406. The van der Waals surface area contributed by atoms with Gasteiger partial charge in [0.1, 0.15) is 6.61 Å². The molecule has 1 aromatic rings. The first-order valence-corrected chi connectivity index (χ1v) is 4.32. The van der Waals surface area contributed by atoms with Crippen molar-refractivity contribution in [1.82, 2.24) is 0 Å². The summed E-state index contributed by atoms with van der Waals surface area (Å²) in [5, 5.41) is 0. The maximum atomic E-state index is 11.2. The van der Waals surface area contributed by atoms with Gasteiger partial charge in [-0.2, -0.15) is 0 Å². The van der Waals surface area contributed by atoms with Crippen LogP contribution in [-0.2, 0) is 4.74 Å². The van der Waals surface area contributed by atoms with Crippen molar-refractivity contribution in [1.29, 1.82) is 0 Å². The van der Waals surface area contributed by atoms with Gasteiger partial charge in [0, 0.05) is 11.3 Å². The number of nitrogens with zero attached hydrogens (tertiary/aromatic N) is 1. The molecule has 0 bridgehead atoms. The van der Waals surface area contributed by atoms with Crippen molar-refractivity contribution in [2.24, 2.45) is 0 Å². The topological polar surface area (TPSA) is 29.5 Å². The van der Waals surface area contributed by atoms with Gasteiger partial charge < -0.3 is 4.74 Å². The van der Waals surface area contributed by atoms with E-state index in [1.54, 1.807) is 11.0 Å². The first-order chi connectivity index (χ1) is 6.81. The molecule has 0 N–H and O–H groups in total. The third-order valence-corrected chi connectivity index (χ3v) is 2.09. The SMILES string of the molecule is C#Cc1cccc(N2CCOC2=O)c1. The van der Waals surface area contributed by atoms with E-state index in [9.17, 15) is 4.79 Å². The van der Waals surface area contributed by atoms with Crippen molar-refractivity contribution >= 4 is 11.8 Å². The number of hydrogen-bond acceptors (Lipinski definition) is 2. The minimum Gasteiger partial charge on any atom is -0.447 e. The molecule has 1 aliphatic rings. The fraction of sp³-hybridized carbons (Fsp3) is 0.182. The maximum absolute atomic E-state index is 11.2. The number of ether oxygens (including phenoxy) is 1. The molecule has 70 valence electrons. The summed E-state index contributed by atoms with van der Waals surface area (Å²) < 4.78 is 4.83. The van der Waals surface area contributed by atoms with Crippen LogP contribution in [0.15, 0.2) is 24.3 Å². The molecule has 2 rings (SSSR count). The van der Waals surface area contributed by atoms with E-state index in [-0.39, 0.29) is 6.09 Å². The van der Waals surface area contributed by atoms with Crippen LogP contribution in [0.5, 0.6) is 0 Å². The zero-order valence-corrected chi connectivity index (χ0v) is 7.56. The van der Waals surface area contributed by atoms with Gasteiger partial charge in [-0.15, -0.1) is 6.42 Å². The number of benzene rings is 1. The Kier molecular flexibility index (Phi) is 2.11. The molecule has 0 saturated carbocycles. The lowest BCUT2D eigenvalue weighted by Gasteiger charge is -2.12. The summed E-state index contributed by atoms with van der Waals surface area (Å²) in [7, 11) is 0. The second-order valence-corrected chi connectivity index (χ2v) is 2.96. The van der Waals surface area contributed by atoms with Gasteiger partial charge in [-0.3, -0.25) is 4.90 Å². The second-order valence-electron chi connectivity index (χ2n) is 2.96. The number of carbonyl (C=O) groups is 1. The van der Waals surface area contributed by atoms with Gasteiger partial charge in [0.2, 0.25) is 0 Å². The molecule has 0 aliphatic carbocycles. The molecule has 1 fully saturated rings. The summed E-state index contributed by atoms with van der Waals surface area (Å²) in [6.45, 7) is 1.03. The second kappa shape index (κ2) is 3.43. The quantitative estimate of drug-likeness (QED) is 0.625. The fourth-order valence-electron chi connectivity index (χ4n) is 1.39. The molecule has 0 spiro atoms. The van der Waals surface area contributed by atoms with Crippen LogP contribution in [0.3, 0.4) is 0 Å². The molecular formula is C11H9NO2. The summed E-state index contributed by atoms with van der Waals surface area (Å²) in [6.07, 6.45) is 4.96. The van der Waals surface area contributed by atoms with Crippen LogP contribution < -0.4 is 4.90 Å². The molecule has 0 unspecified atom stereocenters. The summed E-state index contributed by atoms with van der Waals surface area (Å²) in [4.78, 5) is 12.8. The number of rotatable bonds is 1. The van der Waals surface area contributed by atoms with Crippen molar-refractivity contribution in [2.45, 2.75) is 0 Å². The Labute approximate surface area is 82.3 Å². The maximum Gasteiger partial charge on any atom is 0.414 e. The van der Waals surface area contributed by atoms with E-state index in [1.807, 2.05) is 18.2 Å². The van der Waals surface area contributed by atoms with E-state index >= 15 is 0 Å². The zero-order valence-electron chi connectivity index (χ0n) is 7.56. The minimum absolute atomic E-state index is 0.306. The Morgan fingerprint density at radius 1 is 1.50 bits per heavy atom. The first kappa shape index (κ1) is 8.64. The van der Waals surface area contributed by atoms with Gasteiger partial charge in [-0.05, 0) is 18.2 Å². The van der Waals surface area contributed by atoms with Crippen LogP contribution in [0.2, 0.25) is 0 Å². The van der Waals surface area contributed by atoms with E-state index in [4.69, 9.17) is 11.2 Å². The number of amides is 1. The van der Waals surface area contributed by atoms with Crippen LogP contribution >= 0.6 is 0 Å². The van der Waals surface area contributed by atoms with Crippen molar-refractivity contribution in [3.63, 3.8) is 0 Å². The third-order valence-electron chi connectivity index (χ3n) is 2.09. The van der Waals surface area contributed by atoms with Gasteiger partial charge in [-0.25, -0.2) is 4.79 Å². The van der Waals surface area contributed by atoms with Gasteiger partial charge in [0.15, 0.2) is 0 Å². The van der Waals surface area contributed by atoms with Crippen LogP contribution in [0.25, 0.3) is 0 Å². The van der Waals surface area contributed by atoms with E-state index in [2.05, 4.69) is 5.92 Å². The van der Waals surface area contributed by atoms with Crippen LogP contribution in [0.4, 0.5) is 10.5 Å². The highest BCUT2D eigenvalue weighted by atomic mass is 16.6. The van der Waals surface area contributed by atoms with Crippen molar-refractivity contribution < 1.29 is 9.53 Å². The zero-order chi connectivity index (χ0) is 9.97. The Morgan fingerprint density at radius 2 is 2.36 bits per heavy atom. The largest absolute Gasteiger partial charge is 0.447 e. The number of carbonyl (C=O) groups excluding carboxylic acids is 1. The number of hydrogen-bond donors (Lipinski definition) is 0. The van der Waals surface area contributed by atoms with E-state index < -0.39 is 0 Å². The fourth-order valence-corrected chi connectivity index (χ4v) is 1.39. The van der Waals surface area contributed by atoms with E-state index in [1.165, 1.54) is 0 Å². The van der Waals surface area contributed by atoms with Gasteiger partial charge in [0.05, 0.1) is 6.54 Å². The average molecular weight is 187 g/mol. The normalized spacial score (nSPS) is 15.1. The summed E-state index contributed by atoms with van der Waals surface area (Å²) in [5.74, 6) is 2.53. The number of cyclic esters (lactones) is 1. The molecule has 1 amide bonds. The highest BCUT2D eigenvalue weighted by Gasteiger charge is 2.23. The Morgan fingerprint density at radius 3 is 3.00 bits per heavy atom. The van der Waals surface area contributed by atoms with E-state index in [0.717, 1.165) is 11.3 Å². The summed E-state index contributed by atoms with van der Waals surface area (Å²) >= 11 is 0. The van der Waals surface area contributed by atoms with Gasteiger partial charge in [0.25, 0.3) is 0 Å².